The molecule has 2 N–H and O–H groups in total. The first-order valence-corrected chi connectivity index (χ1v) is 11.5. The highest BCUT2D eigenvalue weighted by atomic mass is 16.5. The Morgan fingerprint density at radius 1 is 1.00 bits per heavy atom. The highest BCUT2D eigenvalue weighted by Crippen LogP contribution is 2.38. The van der Waals surface area contributed by atoms with Gasteiger partial charge in [0, 0.05) is 16.5 Å². The number of carboxylic acid groups (broad SMARTS) is 1. The van der Waals surface area contributed by atoms with Crippen molar-refractivity contribution in [2.75, 3.05) is 13.2 Å². The number of benzene rings is 2. The van der Waals surface area contributed by atoms with E-state index in [9.17, 15) is 9.90 Å². The van der Waals surface area contributed by atoms with Crippen LogP contribution in [0.15, 0.2) is 36.4 Å². The van der Waals surface area contributed by atoms with Crippen molar-refractivity contribution >= 4 is 16.9 Å². The summed E-state index contributed by atoms with van der Waals surface area (Å²) in [4.78, 5) is 15.1. The van der Waals surface area contributed by atoms with E-state index in [-0.39, 0.29) is 12.5 Å². The molecule has 6 nitrogen and oxygen atoms in total. The zero-order valence-corrected chi connectivity index (χ0v) is 18.8. The number of hydrogen-bond acceptors (Lipinski definition) is 4. The van der Waals surface area contributed by atoms with Crippen LogP contribution < -0.4 is 14.2 Å². The summed E-state index contributed by atoms with van der Waals surface area (Å²) in [6, 6.07) is 11.6. The number of fused-ring (bicyclic) bond motifs is 1. The molecule has 0 atom stereocenters. The molecule has 0 amide bonds. The number of hydrogen-bond donors (Lipinski definition) is 2. The van der Waals surface area contributed by atoms with E-state index in [1.807, 2.05) is 50.2 Å². The van der Waals surface area contributed by atoms with Crippen LogP contribution in [-0.2, 0) is 11.2 Å². The summed E-state index contributed by atoms with van der Waals surface area (Å²) in [5, 5.41) is 10.5. The van der Waals surface area contributed by atoms with E-state index in [2.05, 4.69) is 4.98 Å². The average Bonchev–Trinajstić information content (AvgIpc) is 3.13. The second kappa shape index (κ2) is 9.98. The van der Waals surface area contributed by atoms with Crippen LogP contribution in [0.4, 0.5) is 0 Å². The van der Waals surface area contributed by atoms with Crippen molar-refractivity contribution in [3.63, 3.8) is 0 Å². The van der Waals surface area contributed by atoms with Gasteiger partial charge in [0.2, 0.25) is 0 Å². The summed E-state index contributed by atoms with van der Waals surface area (Å²) in [6.45, 7) is 4.91. The molecule has 170 valence electrons. The molecule has 2 aromatic carbocycles. The second-order valence-electron chi connectivity index (χ2n) is 8.16. The Hall–Kier alpha value is -3.15. The smallest absolute Gasteiger partial charge is 0.307 e. The van der Waals surface area contributed by atoms with Crippen LogP contribution in [-0.4, -0.2) is 35.4 Å². The van der Waals surface area contributed by atoms with Crippen LogP contribution in [0.25, 0.3) is 22.2 Å². The van der Waals surface area contributed by atoms with Crippen molar-refractivity contribution < 1.29 is 24.1 Å². The maximum Gasteiger partial charge on any atom is 0.307 e. The van der Waals surface area contributed by atoms with Gasteiger partial charge in [-0.05, 0) is 81.5 Å². The largest absolute Gasteiger partial charge is 0.490 e. The highest BCUT2D eigenvalue weighted by Gasteiger charge is 2.20. The maximum absolute atomic E-state index is 11.7. The Bertz CT molecular complexity index is 1080. The van der Waals surface area contributed by atoms with Crippen LogP contribution in [0.2, 0.25) is 0 Å². The number of carboxylic acids is 1. The molecule has 6 heteroatoms. The minimum atomic E-state index is -0.873. The zero-order valence-electron chi connectivity index (χ0n) is 18.8. The Balaban J connectivity index is 1.75. The van der Waals surface area contributed by atoms with Crippen molar-refractivity contribution in [3.8, 4) is 28.5 Å². The lowest BCUT2D eigenvalue weighted by atomic mass is 9.97. The quantitative estimate of drug-likeness (QED) is 0.431. The molecule has 1 heterocycles. The van der Waals surface area contributed by atoms with Crippen LogP contribution >= 0.6 is 0 Å². The number of aliphatic carboxylic acids is 1. The van der Waals surface area contributed by atoms with Gasteiger partial charge in [-0.2, -0.15) is 0 Å². The number of ether oxygens (including phenoxy) is 3. The molecule has 0 unspecified atom stereocenters. The first-order chi connectivity index (χ1) is 15.6. The minimum Gasteiger partial charge on any atom is -0.490 e. The third-order valence-electron chi connectivity index (χ3n) is 5.89. The van der Waals surface area contributed by atoms with Crippen molar-refractivity contribution in [2.24, 2.45) is 0 Å². The number of nitrogens with one attached hydrogen (secondary N) is 1. The molecule has 1 fully saturated rings. The standard InChI is InChI=1S/C26H31NO5/c1-3-30-23-13-10-17(14-24(23)31-4-2)26-21(16-25(28)29)20-15-19(11-12-22(20)27-26)32-18-8-6-5-7-9-18/h10-15,18,27H,3-9,16H2,1-2H3,(H,28,29). The molecule has 0 bridgehead atoms. The van der Waals surface area contributed by atoms with Gasteiger partial charge in [0.15, 0.2) is 11.5 Å². The van der Waals surface area contributed by atoms with E-state index < -0.39 is 5.97 Å². The number of aromatic nitrogens is 1. The van der Waals surface area contributed by atoms with E-state index >= 15 is 0 Å². The van der Waals surface area contributed by atoms with Gasteiger partial charge in [0.25, 0.3) is 0 Å². The molecular formula is C26H31NO5. The molecule has 4 rings (SSSR count). The van der Waals surface area contributed by atoms with Crippen LogP contribution in [0.3, 0.4) is 0 Å². The molecule has 1 aromatic heterocycles. The molecule has 0 saturated heterocycles. The summed E-state index contributed by atoms with van der Waals surface area (Å²) in [7, 11) is 0. The third-order valence-corrected chi connectivity index (χ3v) is 5.89. The normalized spacial score (nSPS) is 14.4. The Morgan fingerprint density at radius 2 is 1.75 bits per heavy atom. The molecule has 3 aromatic rings. The molecule has 0 radical (unpaired) electrons. The van der Waals surface area contributed by atoms with Crippen LogP contribution in [0.5, 0.6) is 17.2 Å². The van der Waals surface area contributed by atoms with Gasteiger partial charge >= 0.3 is 5.97 Å². The minimum absolute atomic E-state index is 0.0839. The van der Waals surface area contributed by atoms with Crippen molar-refractivity contribution in [3.05, 3.63) is 42.0 Å². The lowest BCUT2D eigenvalue weighted by molar-refractivity contribution is -0.136. The first-order valence-electron chi connectivity index (χ1n) is 11.5. The van der Waals surface area contributed by atoms with Gasteiger partial charge in [-0.3, -0.25) is 4.79 Å². The summed E-state index contributed by atoms with van der Waals surface area (Å²) >= 11 is 0. The van der Waals surface area contributed by atoms with E-state index in [0.717, 1.165) is 46.3 Å². The highest BCUT2D eigenvalue weighted by molar-refractivity contribution is 5.95. The molecule has 0 spiro atoms. The molecule has 1 aliphatic rings. The van der Waals surface area contributed by atoms with Crippen molar-refractivity contribution in [1.29, 1.82) is 0 Å². The topological polar surface area (TPSA) is 80.8 Å². The fourth-order valence-electron chi connectivity index (χ4n) is 4.46. The molecular weight excluding hydrogens is 406 g/mol. The van der Waals surface area contributed by atoms with Gasteiger partial charge in [0.05, 0.1) is 31.4 Å². The fourth-order valence-corrected chi connectivity index (χ4v) is 4.46. The summed E-state index contributed by atoms with van der Waals surface area (Å²) < 4.78 is 17.7. The molecule has 1 saturated carbocycles. The van der Waals surface area contributed by atoms with E-state index in [4.69, 9.17) is 14.2 Å². The number of rotatable bonds is 9. The average molecular weight is 438 g/mol. The molecule has 0 aliphatic heterocycles. The maximum atomic E-state index is 11.7. The predicted molar refractivity (Wildman–Crippen MR) is 125 cm³/mol. The van der Waals surface area contributed by atoms with Gasteiger partial charge in [-0.15, -0.1) is 0 Å². The number of H-pyrrole nitrogens is 1. The zero-order chi connectivity index (χ0) is 22.5. The number of carbonyl (C=O) groups is 1. The van der Waals surface area contributed by atoms with Gasteiger partial charge in [-0.1, -0.05) is 6.42 Å². The van der Waals surface area contributed by atoms with Crippen LogP contribution in [0.1, 0.15) is 51.5 Å². The van der Waals surface area contributed by atoms with Crippen LogP contribution in [0, 0.1) is 0 Å². The van der Waals surface area contributed by atoms with Gasteiger partial charge in [0.1, 0.15) is 5.75 Å². The Morgan fingerprint density at radius 3 is 2.47 bits per heavy atom. The fraction of sp³-hybridized carbons (Fsp3) is 0.423. The third kappa shape index (κ3) is 4.85. The lowest BCUT2D eigenvalue weighted by Crippen LogP contribution is -2.19. The molecule has 1 aliphatic carbocycles. The molecule has 32 heavy (non-hydrogen) atoms. The Labute approximate surface area is 188 Å². The number of aromatic amines is 1. The van der Waals surface area contributed by atoms with Gasteiger partial charge in [-0.25, -0.2) is 0 Å². The lowest BCUT2D eigenvalue weighted by Gasteiger charge is -2.23. The van der Waals surface area contributed by atoms with Gasteiger partial charge < -0.3 is 24.3 Å². The van der Waals surface area contributed by atoms with E-state index in [0.29, 0.717) is 24.7 Å². The van der Waals surface area contributed by atoms with Crippen molar-refractivity contribution in [2.45, 2.75) is 58.5 Å². The summed E-state index contributed by atoms with van der Waals surface area (Å²) in [5.41, 5.74) is 3.27. The van der Waals surface area contributed by atoms with Crippen molar-refractivity contribution in [1.82, 2.24) is 4.98 Å². The summed E-state index contributed by atoms with van der Waals surface area (Å²) in [6.07, 6.45) is 5.97. The van der Waals surface area contributed by atoms with E-state index in [1.54, 1.807) is 0 Å². The SMILES string of the molecule is CCOc1ccc(-c2[nH]c3ccc(OC4CCCCC4)cc3c2CC(=O)O)cc1OCC. The monoisotopic (exact) mass is 437 g/mol. The second-order valence-corrected chi connectivity index (χ2v) is 8.16. The Kier molecular flexibility index (Phi) is 6.88. The predicted octanol–water partition coefficient (Wildman–Crippen LogP) is 5.97. The summed E-state index contributed by atoms with van der Waals surface area (Å²) in [5.74, 6) is 1.25. The van der Waals surface area contributed by atoms with E-state index in [1.165, 1.54) is 19.3 Å². The first kappa shape index (κ1) is 22.1.